The zero-order valence-electron chi connectivity index (χ0n) is 10.5. The quantitative estimate of drug-likeness (QED) is 0.918. The molecule has 0 radical (unpaired) electrons. The molecule has 96 valence electrons. The normalized spacial score (nSPS) is 12.5. The first kappa shape index (κ1) is 13.4. The first-order valence-electron chi connectivity index (χ1n) is 5.61. The Labute approximate surface area is 116 Å². The Morgan fingerprint density at radius 1 is 1.28 bits per heavy atom. The lowest BCUT2D eigenvalue weighted by molar-refractivity contribution is 0.224. The van der Waals surface area contributed by atoms with Crippen LogP contribution in [0.25, 0.3) is 0 Å². The van der Waals surface area contributed by atoms with Crippen LogP contribution >= 0.6 is 22.9 Å². The molecule has 1 N–H and O–H groups in total. The number of ether oxygens (including phenoxy) is 1. The number of aliphatic hydroxyl groups is 1. The van der Waals surface area contributed by atoms with E-state index in [-0.39, 0.29) is 0 Å². The lowest BCUT2D eigenvalue weighted by Gasteiger charge is -2.11. The SMILES string of the molecule is COc1ccc(C(O)c2cc(C)c(C)s2)cc1Cl. The standard InChI is InChI=1S/C14H15ClO2S/c1-8-6-13(18-9(8)2)14(16)10-4-5-12(17-3)11(15)7-10/h4-7,14,16H,1-3H3. The molecule has 0 amide bonds. The van der Waals surface area contributed by atoms with Gasteiger partial charge in [0.1, 0.15) is 11.9 Å². The summed E-state index contributed by atoms with van der Waals surface area (Å²) in [7, 11) is 1.57. The number of halogens is 1. The van der Waals surface area contributed by atoms with Crippen LogP contribution in [0.2, 0.25) is 5.02 Å². The summed E-state index contributed by atoms with van der Waals surface area (Å²) < 4.78 is 5.10. The molecule has 0 spiro atoms. The van der Waals surface area contributed by atoms with Crippen molar-refractivity contribution in [3.05, 3.63) is 50.2 Å². The van der Waals surface area contributed by atoms with Gasteiger partial charge in [-0.1, -0.05) is 17.7 Å². The van der Waals surface area contributed by atoms with E-state index in [0.717, 1.165) is 10.4 Å². The average molecular weight is 283 g/mol. The van der Waals surface area contributed by atoms with E-state index in [9.17, 15) is 5.11 Å². The molecule has 2 aromatic rings. The van der Waals surface area contributed by atoms with Crippen LogP contribution in [-0.4, -0.2) is 12.2 Å². The first-order valence-corrected chi connectivity index (χ1v) is 6.80. The number of thiophene rings is 1. The fourth-order valence-electron chi connectivity index (χ4n) is 1.75. The Hall–Kier alpha value is -1.03. The van der Waals surface area contributed by atoms with Gasteiger partial charge in [-0.15, -0.1) is 11.3 Å². The topological polar surface area (TPSA) is 29.5 Å². The maximum Gasteiger partial charge on any atom is 0.137 e. The van der Waals surface area contributed by atoms with E-state index in [2.05, 4.69) is 6.92 Å². The molecule has 0 aliphatic heterocycles. The third kappa shape index (κ3) is 2.53. The maximum atomic E-state index is 10.3. The maximum absolute atomic E-state index is 10.3. The van der Waals surface area contributed by atoms with Crippen molar-refractivity contribution in [1.82, 2.24) is 0 Å². The van der Waals surface area contributed by atoms with E-state index < -0.39 is 6.10 Å². The van der Waals surface area contributed by atoms with Crippen molar-refractivity contribution in [2.24, 2.45) is 0 Å². The van der Waals surface area contributed by atoms with Crippen molar-refractivity contribution >= 4 is 22.9 Å². The van der Waals surface area contributed by atoms with Crippen LogP contribution in [0.15, 0.2) is 24.3 Å². The molecule has 0 bridgehead atoms. The molecule has 4 heteroatoms. The second kappa shape index (κ2) is 5.31. The Morgan fingerprint density at radius 2 is 2.00 bits per heavy atom. The number of rotatable bonds is 3. The van der Waals surface area contributed by atoms with Gasteiger partial charge in [0.05, 0.1) is 12.1 Å². The molecule has 0 fully saturated rings. The molecule has 0 saturated carbocycles. The molecule has 1 aromatic carbocycles. The number of aliphatic hydroxyl groups excluding tert-OH is 1. The Bertz CT molecular complexity index is 543. The zero-order chi connectivity index (χ0) is 13.3. The van der Waals surface area contributed by atoms with E-state index in [1.807, 2.05) is 19.1 Å². The third-order valence-electron chi connectivity index (χ3n) is 2.95. The highest BCUT2D eigenvalue weighted by Gasteiger charge is 2.15. The average Bonchev–Trinajstić information content (AvgIpc) is 2.68. The number of methoxy groups -OCH3 is 1. The summed E-state index contributed by atoms with van der Waals surface area (Å²) in [6, 6.07) is 7.37. The van der Waals surface area contributed by atoms with Gasteiger partial charge in [0.2, 0.25) is 0 Å². The van der Waals surface area contributed by atoms with Crippen molar-refractivity contribution < 1.29 is 9.84 Å². The van der Waals surface area contributed by atoms with Crippen molar-refractivity contribution in [2.75, 3.05) is 7.11 Å². The Morgan fingerprint density at radius 3 is 2.50 bits per heavy atom. The van der Waals surface area contributed by atoms with Crippen LogP contribution in [0.4, 0.5) is 0 Å². The largest absolute Gasteiger partial charge is 0.495 e. The van der Waals surface area contributed by atoms with Gasteiger partial charge in [-0.25, -0.2) is 0 Å². The molecule has 18 heavy (non-hydrogen) atoms. The molecular weight excluding hydrogens is 268 g/mol. The summed E-state index contributed by atoms with van der Waals surface area (Å²) in [6.45, 7) is 4.10. The van der Waals surface area contributed by atoms with Gasteiger partial charge in [-0.2, -0.15) is 0 Å². The molecule has 0 aliphatic rings. The molecule has 1 aromatic heterocycles. The Balaban J connectivity index is 2.33. The van der Waals surface area contributed by atoms with Crippen molar-refractivity contribution in [1.29, 1.82) is 0 Å². The van der Waals surface area contributed by atoms with Crippen molar-refractivity contribution in [3.63, 3.8) is 0 Å². The number of hydrogen-bond acceptors (Lipinski definition) is 3. The smallest absolute Gasteiger partial charge is 0.137 e. The number of benzene rings is 1. The highest BCUT2D eigenvalue weighted by molar-refractivity contribution is 7.12. The van der Waals surface area contributed by atoms with Crippen LogP contribution < -0.4 is 4.74 Å². The number of hydrogen-bond donors (Lipinski definition) is 1. The third-order valence-corrected chi connectivity index (χ3v) is 4.45. The number of aryl methyl sites for hydroxylation is 2. The van der Waals surface area contributed by atoms with Gasteiger partial charge >= 0.3 is 0 Å². The van der Waals surface area contributed by atoms with Gasteiger partial charge in [0.15, 0.2) is 0 Å². The minimum atomic E-state index is -0.634. The van der Waals surface area contributed by atoms with Crippen LogP contribution in [0.1, 0.15) is 27.0 Å². The van der Waals surface area contributed by atoms with E-state index in [1.54, 1.807) is 30.6 Å². The molecule has 0 saturated heterocycles. The lowest BCUT2D eigenvalue weighted by atomic mass is 10.1. The van der Waals surface area contributed by atoms with Crippen LogP contribution in [0.3, 0.4) is 0 Å². The van der Waals surface area contributed by atoms with Crippen LogP contribution in [0, 0.1) is 13.8 Å². The van der Waals surface area contributed by atoms with E-state index in [1.165, 1.54) is 10.4 Å². The van der Waals surface area contributed by atoms with Crippen molar-refractivity contribution in [2.45, 2.75) is 20.0 Å². The van der Waals surface area contributed by atoms with Gasteiger partial charge in [-0.3, -0.25) is 0 Å². The van der Waals surface area contributed by atoms with Crippen LogP contribution in [-0.2, 0) is 0 Å². The summed E-state index contributed by atoms with van der Waals surface area (Å²) in [5, 5.41) is 10.8. The molecule has 1 heterocycles. The monoisotopic (exact) mass is 282 g/mol. The highest BCUT2D eigenvalue weighted by Crippen LogP contribution is 2.34. The molecule has 1 atom stereocenters. The van der Waals surface area contributed by atoms with E-state index in [0.29, 0.717) is 10.8 Å². The van der Waals surface area contributed by atoms with E-state index >= 15 is 0 Å². The predicted octanol–water partition coefficient (Wildman–Crippen LogP) is 4.11. The second-order valence-electron chi connectivity index (χ2n) is 4.18. The fourth-order valence-corrected chi connectivity index (χ4v) is 3.08. The second-order valence-corrected chi connectivity index (χ2v) is 5.88. The molecule has 1 unspecified atom stereocenters. The summed E-state index contributed by atoms with van der Waals surface area (Å²) >= 11 is 7.67. The summed E-state index contributed by atoms with van der Waals surface area (Å²) in [5.74, 6) is 0.617. The molecular formula is C14H15ClO2S. The molecule has 2 nitrogen and oxygen atoms in total. The summed E-state index contributed by atoms with van der Waals surface area (Å²) in [4.78, 5) is 2.16. The molecule has 2 rings (SSSR count). The highest BCUT2D eigenvalue weighted by atomic mass is 35.5. The van der Waals surface area contributed by atoms with Gasteiger partial charge in [0.25, 0.3) is 0 Å². The van der Waals surface area contributed by atoms with Crippen LogP contribution in [0.5, 0.6) is 5.75 Å². The fraction of sp³-hybridized carbons (Fsp3) is 0.286. The van der Waals surface area contributed by atoms with Crippen molar-refractivity contribution in [3.8, 4) is 5.75 Å². The summed E-state index contributed by atoms with van der Waals surface area (Å²) in [6.07, 6.45) is -0.634. The van der Waals surface area contributed by atoms with Gasteiger partial charge < -0.3 is 9.84 Å². The first-order chi connectivity index (χ1) is 8.52. The lowest BCUT2D eigenvalue weighted by Crippen LogP contribution is -1.97. The predicted molar refractivity (Wildman–Crippen MR) is 75.9 cm³/mol. The Kier molecular flexibility index (Phi) is 3.95. The summed E-state index contributed by atoms with van der Waals surface area (Å²) in [5.41, 5.74) is 1.98. The van der Waals surface area contributed by atoms with Gasteiger partial charge in [-0.05, 0) is 43.2 Å². The minimum absolute atomic E-state index is 0.513. The zero-order valence-corrected chi connectivity index (χ0v) is 12.1. The minimum Gasteiger partial charge on any atom is -0.495 e. The van der Waals surface area contributed by atoms with Gasteiger partial charge in [0, 0.05) is 9.75 Å². The van der Waals surface area contributed by atoms with E-state index in [4.69, 9.17) is 16.3 Å². The molecule has 0 aliphatic carbocycles.